The van der Waals surface area contributed by atoms with Crippen LogP contribution in [0, 0.1) is 5.41 Å². The van der Waals surface area contributed by atoms with Gasteiger partial charge in [0.1, 0.15) is 12.9 Å². The number of hydrogen-bond acceptors (Lipinski definition) is 7. The Morgan fingerprint density at radius 3 is 2.12 bits per heavy atom. The van der Waals surface area contributed by atoms with Crippen molar-refractivity contribution in [2.45, 2.75) is 52.7 Å². The predicted molar refractivity (Wildman–Crippen MR) is 94.2 cm³/mol. The highest BCUT2D eigenvalue weighted by Gasteiger charge is 2.52. The van der Waals surface area contributed by atoms with E-state index >= 15 is 0 Å². The number of allylic oxidation sites excluding steroid dienone is 3. The van der Waals surface area contributed by atoms with Crippen molar-refractivity contribution in [1.29, 1.82) is 0 Å². The fourth-order valence-electron chi connectivity index (χ4n) is 1.98. The van der Waals surface area contributed by atoms with Crippen molar-refractivity contribution in [3.8, 4) is 0 Å². The maximum absolute atomic E-state index is 11.6. The van der Waals surface area contributed by atoms with Crippen molar-refractivity contribution in [2.75, 3.05) is 13.7 Å². The fourth-order valence-corrected chi connectivity index (χ4v) is 1.98. The van der Waals surface area contributed by atoms with Gasteiger partial charge in [-0.25, -0.2) is 0 Å². The number of aldehydes is 1. The van der Waals surface area contributed by atoms with Gasteiger partial charge in [0, 0.05) is 5.47 Å². The molecule has 0 bridgehead atoms. The van der Waals surface area contributed by atoms with Gasteiger partial charge in [-0.15, -0.1) is 0 Å². The number of nitrogens with two attached hydrogens (primary N) is 1. The van der Waals surface area contributed by atoms with Crippen molar-refractivity contribution in [2.24, 2.45) is 11.1 Å². The molecule has 1 rings (SSSR count). The monoisotopic (exact) mass is 353 g/mol. The Hall–Kier alpha value is -1.80. The smallest absolute Gasteiger partial charge is 0.478 e. The zero-order chi connectivity index (χ0) is 19.5. The molecule has 0 aromatic heterocycles. The number of methoxy groups -OCH3 is 1. The quantitative estimate of drug-likeness (QED) is 0.186. The zero-order valence-corrected chi connectivity index (χ0v) is 16.0. The maximum atomic E-state index is 11.6. The molecule has 0 radical (unpaired) electrons. The van der Waals surface area contributed by atoms with Gasteiger partial charge in [-0.05, 0) is 47.6 Å². The second kappa shape index (κ2) is 7.62. The first kappa shape index (κ1) is 21.2. The van der Waals surface area contributed by atoms with Gasteiger partial charge in [0.05, 0.1) is 23.7 Å². The maximum Gasteiger partial charge on any atom is 0.498 e. The van der Waals surface area contributed by atoms with Gasteiger partial charge >= 0.3 is 13.1 Å². The summed E-state index contributed by atoms with van der Waals surface area (Å²) >= 11 is 0. The van der Waals surface area contributed by atoms with Crippen molar-refractivity contribution >= 4 is 19.4 Å². The molecule has 140 valence electrons. The van der Waals surface area contributed by atoms with Crippen LogP contribution in [0.1, 0.15) is 41.5 Å². The number of esters is 1. The molecule has 1 fully saturated rings. The summed E-state index contributed by atoms with van der Waals surface area (Å²) in [6, 6.07) is 0. The second-order valence-electron chi connectivity index (χ2n) is 7.61. The summed E-state index contributed by atoms with van der Waals surface area (Å²) < 4.78 is 21.7. The first-order valence-corrected chi connectivity index (χ1v) is 8.05. The number of hydrogen-bond donors (Lipinski definition) is 1. The number of rotatable bonds is 7. The van der Waals surface area contributed by atoms with Gasteiger partial charge < -0.3 is 24.5 Å². The Morgan fingerprint density at radius 1 is 1.16 bits per heavy atom. The Balaban J connectivity index is 2.78. The third kappa shape index (κ3) is 5.09. The largest absolute Gasteiger partial charge is 0.498 e. The lowest BCUT2D eigenvalue weighted by Crippen LogP contribution is -2.41. The Kier molecular flexibility index (Phi) is 6.47. The van der Waals surface area contributed by atoms with Crippen molar-refractivity contribution < 1.29 is 28.4 Å². The molecule has 1 saturated heterocycles. The highest BCUT2D eigenvalue weighted by atomic mass is 16.7. The van der Waals surface area contributed by atoms with E-state index in [0.29, 0.717) is 6.29 Å². The van der Waals surface area contributed by atoms with Crippen LogP contribution in [0.4, 0.5) is 0 Å². The summed E-state index contributed by atoms with van der Waals surface area (Å²) in [6.45, 7) is 11.0. The summed E-state index contributed by atoms with van der Waals surface area (Å²) in [6.07, 6.45) is 3.57. The van der Waals surface area contributed by atoms with E-state index in [-0.39, 0.29) is 18.0 Å². The SMILES string of the molecule is COC(=O)C(C)(C)CO/C(N)=C/C=C(\C=O)B1OC(C)(C)C(C)(C)O1. The van der Waals surface area contributed by atoms with Crippen LogP contribution in [0.2, 0.25) is 0 Å². The average Bonchev–Trinajstić information content (AvgIpc) is 2.73. The second-order valence-corrected chi connectivity index (χ2v) is 7.61. The first-order valence-electron chi connectivity index (χ1n) is 8.05. The third-order valence-corrected chi connectivity index (χ3v) is 4.44. The summed E-state index contributed by atoms with van der Waals surface area (Å²) in [5.74, 6) is -0.338. The number of ether oxygens (including phenoxy) is 2. The van der Waals surface area contributed by atoms with Crippen LogP contribution in [0.15, 0.2) is 23.5 Å². The van der Waals surface area contributed by atoms with E-state index in [9.17, 15) is 9.59 Å². The van der Waals surface area contributed by atoms with Crippen LogP contribution in [0.5, 0.6) is 0 Å². The molecule has 7 nitrogen and oxygen atoms in total. The minimum absolute atomic E-state index is 0.0444. The molecular formula is C17H28BNO6. The highest BCUT2D eigenvalue weighted by molar-refractivity contribution is 6.60. The third-order valence-electron chi connectivity index (χ3n) is 4.44. The Morgan fingerprint density at radius 2 is 1.68 bits per heavy atom. The van der Waals surface area contributed by atoms with Crippen LogP contribution >= 0.6 is 0 Å². The van der Waals surface area contributed by atoms with Crippen molar-refractivity contribution in [3.05, 3.63) is 23.5 Å². The lowest BCUT2D eigenvalue weighted by Gasteiger charge is -2.32. The molecule has 1 heterocycles. The summed E-state index contributed by atoms with van der Waals surface area (Å²) in [5, 5.41) is 0. The van der Waals surface area contributed by atoms with Crippen LogP contribution in [0.25, 0.3) is 0 Å². The van der Waals surface area contributed by atoms with E-state index in [1.54, 1.807) is 13.8 Å². The summed E-state index contributed by atoms with van der Waals surface area (Å²) in [4.78, 5) is 23.0. The van der Waals surface area contributed by atoms with E-state index < -0.39 is 29.7 Å². The van der Waals surface area contributed by atoms with E-state index in [0.717, 1.165) is 0 Å². The lowest BCUT2D eigenvalue weighted by atomic mass is 9.79. The topological polar surface area (TPSA) is 97.1 Å². The molecule has 8 heteroatoms. The van der Waals surface area contributed by atoms with E-state index in [4.69, 9.17) is 24.5 Å². The number of carbonyl (C=O) groups is 2. The Labute approximate surface area is 149 Å². The standard InChI is InChI=1S/C17H28BNO6/c1-15(2,14(21)22-7)11-23-13(19)9-8-12(10-20)18-24-16(3,4)17(5,6)25-18/h8-10H,11,19H2,1-7H3/b12-8+,13-9+. The first-order chi connectivity index (χ1) is 11.4. The van der Waals surface area contributed by atoms with Crippen LogP contribution in [-0.4, -0.2) is 44.3 Å². The average molecular weight is 353 g/mol. The van der Waals surface area contributed by atoms with E-state index in [1.165, 1.54) is 19.3 Å². The molecule has 25 heavy (non-hydrogen) atoms. The van der Waals surface area contributed by atoms with Gasteiger partial charge in [0.2, 0.25) is 0 Å². The lowest BCUT2D eigenvalue weighted by molar-refractivity contribution is -0.153. The normalized spacial score (nSPS) is 20.4. The predicted octanol–water partition coefficient (Wildman–Crippen LogP) is 1.76. The van der Waals surface area contributed by atoms with Gasteiger partial charge in [-0.1, -0.05) is 6.08 Å². The minimum Gasteiger partial charge on any atom is -0.478 e. The summed E-state index contributed by atoms with van der Waals surface area (Å²) in [7, 11) is 0.533. The molecule has 0 saturated carbocycles. The van der Waals surface area contributed by atoms with Gasteiger partial charge in [-0.3, -0.25) is 9.59 Å². The Bertz CT molecular complexity index is 564. The van der Waals surface area contributed by atoms with Crippen LogP contribution in [0.3, 0.4) is 0 Å². The molecular weight excluding hydrogens is 325 g/mol. The molecule has 0 spiro atoms. The molecule has 1 aliphatic heterocycles. The van der Waals surface area contributed by atoms with Crippen LogP contribution in [-0.2, 0) is 28.4 Å². The van der Waals surface area contributed by atoms with Crippen LogP contribution < -0.4 is 5.73 Å². The van der Waals surface area contributed by atoms with Gasteiger partial charge in [0.15, 0.2) is 5.88 Å². The zero-order valence-electron chi connectivity index (χ0n) is 16.0. The molecule has 0 atom stereocenters. The molecule has 1 aliphatic rings. The fraction of sp³-hybridized carbons (Fsp3) is 0.647. The summed E-state index contributed by atoms with van der Waals surface area (Å²) in [5.41, 5.74) is 4.14. The van der Waals surface area contributed by atoms with Crippen molar-refractivity contribution in [1.82, 2.24) is 0 Å². The molecule has 2 N–H and O–H groups in total. The highest BCUT2D eigenvalue weighted by Crippen LogP contribution is 2.38. The molecule has 0 amide bonds. The van der Waals surface area contributed by atoms with Gasteiger partial charge in [0.25, 0.3) is 0 Å². The molecule has 0 aliphatic carbocycles. The van der Waals surface area contributed by atoms with E-state index in [1.807, 2.05) is 27.7 Å². The minimum atomic E-state index is -0.837. The van der Waals surface area contributed by atoms with E-state index in [2.05, 4.69) is 0 Å². The molecule has 0 unspecified atom stereocenters. The molecule has 0 aromatic carbocycles. The van der Waals surface area contributed by atoms with Crippen molar-refractivity contribution in [3.63, 3.8) is 0 Å². The molecule has 0 aromatic rings. The number of carbonyl (C=O) groups excluding carboxylic acids is 2. The van der Waals surface area contributed by atoms with Gasteiger partial charge in [-0.2, -0.15) is 0 Å².